The molecule has 0 aliphatic carbocycles. The summed E-state index contributed by atoms with van der Waals surface area (Å²) in [6.45, 7) is 5.37. The molecule has 4 rings (SSSR count). The van der Waals surface area contributed by atoms with Gasteiger partial charge in [0.2, 0.25) is 11.7 Å². The summed E-state index contributed by atoms with van der Waals surface area (Å²) in [5.41, 5.74) is 2.12. The molecule has 1 aliphatic rings. The fraction of sp³-hybridized carbons (Fsp3) is 0.318. The second kappa shape index (κ2) is 9.28. The van der Waals surface area contributed by atoms with Gasteiger partial charge in [0.25, 0.3) is 5.91 Å². The van der Waals surface area contributed by atoms with E-state index < -0.39 is 0 Å². The number of piperazine rings is 1. The van der Waals surface area contributed by atoms with Crippen molar-refractivity contribution >= 4 is 17.5 Å². The zero-order valence-electron chi connectivity index (χ0n) is 16.8. The van der Waals surface area contributed by atoms with E-state index in [-0.39, 0.29) is 12.5 Å². The minimum atomic E-state index is -0.0333. The Morgan fingerprint density at radius 2 is 1.90 bits per heavy atom. The maximum atomic E-state index is 12.4. The average molecular weight is 427 g/mol. The van der Waals surface area contributed by atoms with Crippen molar-refractivity contribution in [3.8, 4) is 17.1 Å². The normalized spacial score (nSPS) is 14.7. The summed E-state index contributed by atoms with van der Waals surface area (Å²) < 4.78 is 11.0. The Hall–Kier alpha value is -2.90. The monoisotopic (exact) mass is 426 g/mol. The fourth-order valence-corrected chi connectivity index (χ4v) is 3.46. The molecule has 0 atom stereocenters. The van der Waals surface area contributed by atoms with Crippen LogP contribution in [0.15, 0.2) is 53.1 Å². The molecule has 8 heteroatoms. The number of carbonyl (C=O) groups excluding carboxylic acids is 1. The number of carbonyl (C=O) groups is 1. The third-order valence-electron chi connectivity index (χ3n) is 5.02. The number of aromatic nitrogens is 2. The maximum absolute atomic E-state index is 12.4. The lowest BCUT2D eigenvalue weighted by Crippen LogP contribution is -2.49. The lowest BCUT2D eigenvalue weighted by atomic mass is 10.1. The number of aryl methyl sites for hydroxylation is 1. The van der Waals surface area contributed by atoms with Gasteiger partial charge >= 0.3 is 0 Å². The van der Waals surface area contributed by atoms with Crippen molar-refractivity contribution in [2.24, 2.45) is 0 Å². The first-order valence-electron chi connectivity index (χ1n) is 9.85. The Bertz CT molecular complexity index is 998. The standard InChI is InChI=1S/C22H23ClN4O3/c1-16-5-7-17(8-6-16)22-24-20(30-25-22)14-26-9-11-27(12-10-26)21(28)15-29-19-4-2-3-18(23)13-19/h2-8,13H,9-12,14-15H2,1H3. The van der Waals surface area contributed by atoms with E-state index in [0.717, 1.165) is 18.7 Å². The summed E-state index contributed by atoms with van der Waals surface area (Å²) in [6, 6.07) is 15.1. The van der Waals surface area contributed by atoms with E-state index in [0.29, 0.717) is 42.1 Å². The van der Waals surface area contributed by atoms with E-state index in [9.17, 15) is 4.79 Å². The van der Waals surface area contributed by atoms with E-state index in [1.807, 2.05) is 36.1 Å². The van der Waals surface area contributed by atoms with Gasteiger partial charge in [0, 0.05) is 36.8 Å². The van der Waals surface area contributed by atoms with Crippen molar-refractivity contribution in [1.29, 1.82) is 0 Å². The largest absolute Gasteiger partial charge is 0.484 e. The van der Waals surface area contributed by atoms with Gasteiger partial charge < -0.3 is 14.2 Å². The van der Waals surface area contributed by atoms with Gasteiger partial charge in [-0.2, -0.15) is 4.98 Å². The van der Waals surface area contributed by atoms with Gasteiger partial charge in [-0.3, -0.25) is 9.69 Å². The Kier molecular flexibility index (Phi) is 6.30. The van der Waals surface area contributed by atoms with E-state index in [1.54, 1.807) is 24.3 Å². The first kappa shape index (κ1) is 20.4. The summed E-state index contributed by atoms with van der Waals surface area (Å²) in [5, 5.41) is 4.66. The van der Waals surface area contributed by atoms with Crippen LogP contribution in [0.1, 0.15) is 11.5 Å². The van der Waals surface area contributed by atoms with Crippen LogP contribution >= 0.6 is 11.6 Å². The smallest absolute Gasteiger partial charge is 0.260 e. The van der Waals surface area contributed by atoms with Crippen molar-refractivity contribution in [3.05, 3.63) is 65.0 Å². The lowest BCUT2D eigenvalue weighted by Gasteiger charge is -2.33. The van der Waals surface area contributed by atoms with Crippen molar-refractivity contribution in [1.82, 2.24) is 19.9 Å². The number of amides is 1. The lowest BCUT2D eigenvalue weighted by molar-refractivity contribution is -0.135. The molecule has 0 saturated carbocycles. The number of ether oxygens (including phenoxy) is 1. The van der Waals surface area contributed by atoms with Crippen molar-refractivity contribution in [3.63, 3.8) is 0 Å². The predicted octanol–water partition coefficient (Wildman–Crippen LogP) is 3.42. The quantitative estimate of drug-likeness (QED) is 0.601. The minimum Gasteiger partial charge on any atom is -0.484 e. The molecule has 1 aliphatic heterocycles. The molecule has 3 aromatic rings. The second-order valence-corrected chi connectivity index (χ2v) is 7.72. The van der Waals surface area contributed by atoms with Crippen LogP contribution in [0.4, 0.5) is 0 Å². The van der Waals surface area contributed by atoms with Crippen molar-refractivity contribution < 1.29 is 14.1 Å². The van der Waals surface area contributed by atoms with Crippen LogP contribution in [0.25, 0.3) is 11.4 Å². The third kappa shape index (κ3) is 5.17. The molecule has 2 heterocycles. The first-order chi connectivity index (χ1) is 14.6. The van der Waals surface area contributed by atoms with Crippen LogP contribution in [0, 0.1) is 6.92 Å². The zero-order valence-corrected chi connectivity index (χ0v) is 17.5. The van der Waals surface area contributed by atoms with Crippen molar-refractivity contribution in [2.45, 2.75) is 13.5 Å². The van der Waals surface area contributed by atoms with Gasteiger partial charge in [0.05, 0.1) is 6.54 Å². The van der Waals surface area contributed by atoms with Gasteiger partial charge in [0.15, 0.2) is 6.61 Å². The van der Waals surface area contributed by atoms with Gasteiger partial charge in [0.1, 0.15) is 5.75 Å². The molecule has 0 N–H and O–H groups in total. The molecule has 1 aromatic heterocycles. The first-order valence-corrected chi connectivity index (χ1v) is 10.2. The molecular formula is C22H23ClN4O3. The molecule has 1 amide bonds. The number of benzene rings is 2. The average Bonchev–Trinajstić information content (AvgIpc) is 3.21. The maximum Gasteiger partial charge on any atom is 0.260 e. The SMILES string of the molecule is Cc1ccc(-c2noc(CN3CCN(C(=O)COc4cccc(Cl)c4)CC3)n2)cc1. The Morgan fingerprint density at radius 3 is 2.63 bits per heavy atom. The molecule has 0 bridgehead atoms. The van der Waals surface area contributed by atoms with E-state index in [1.165, 1.54) is 5.56 Å². The summed E-state index contributed by atoms with van der Waals surface area (Å²) in [5.74, 6) is 1.73. The summed E-state index contributed by atoms with van der Waals surface area (Å²) in [6.07, 6.45) is 0. The highest BCUT2D eigenvalue weighted by molar-refractivity contribution is 6.30. The summed E-state index contributed by atoms with van der Waals surface area (Å²) >= 11 is 5.94. The molecule has 2 aromatic carbocycles. The highest BCUT2D eigenvalue weighted by Gasteiger charge is 2.23. The molecular weight excluding hydrogens is 404 g/mol. The molecule has 30 heavy (non-hydrogen) atoms. The van der Waals surface area contributed by atoms with E-state index in [4.69, 9.17) is 20.9 Å². The van der Waals surface area contributed by atoms with Crippen LogP contribution in [-0.4, -0.2) is 58.6 Å². The van der Waals surface area contributed by atoms with Gasteiger partial charge in [-0.25, -0.2) is 0 Å². The van der Waals surface area contributed by atoms with Crippen LogP contribution in [0.2, 0.25) is 5.02 Å². The number of rotatable bonds is 6. The van der Waals surface area contributed by atoms with Gasteiger partial charge in [-0.15, -0.1) is 0 Å². The zero-order chi connectivity index (χ0) is 20.9. The molecule has 0 unspecified atom stereocenters. The Morgan fingerprint density at radius 1 is 1.13 bits per heavy atom. The highest BCUT2D eigenvalue weighted by atomic mass is 35.5. The van der Waals surface area contributed by atoms with Crippen LogP contribution in [-0.2, 0) is 11.3 Å². The highest BCUT2D eigenvalue weighted by Crippen LogP contribution is 2.18. The van der Waals surface area contributed by atoms with Crippen molar-refractivity contribution in [2.75, 3.05) is 32.8 Å². The van der Waals surface area contributed by atoms with E-state index >= 15 is 0 Å². The summed E-state index contributed by atoms with van der Waals surface area (Å²) in [7, 11) is 0. The molecule has 1 fully saturated rings. The third-order valence-corrected chi connectivity index (χ3v) is 5.26. The number of hydrogen-bond donors (Lipinski definition) is 0. The minimum absolute atomic E-state index is 0.00388. The van der Waals surface area contributed by atoms with E-state index in [2.05, 4.69) is 15.0 Å². The molecule has 156 valence electrons. The Labute approximate surface area is 180 Å². The number of hydrogen-bond acceptors (Lipinski definition) is 6. The Balaban J connectivity index is 1.24. The second-order valence-electron chi connectivity index (χ2n) is 7.28. The summed E-state index contributed by atoms with van der Waals surface area (Å²) in [4.78, 5) is 20.9. The van der Waals surface area contributed by atoms with Crippen LogP contribution in [0.5, 0.6) is 5.75 Å². The van der Waals surface area contributed by atoms with Gasteiger partial charge in [-0.1, -0.05) is 52.7 Å². The molecule has 1 saturated heterocycles. The van der Waals surface area contributed by atoms with Gasteiger partial charge in [-0.05, 0) is 25.1 Å². The number of halogens is 1. The van der Waals surface area contributed by atoms with Crippen LogP contribution < -0.4 is 4.74 Å². The number of nitrogens with zero attached hydrogens (tertiary/aromatic N) is 4. The topological polar surface area (TPSA) is 71.7 Å². The predicted molar refractivity (Wildman–Crippen MR) is 113 cm³/mol. The molecule has 0 spiro atoms. The van der Waals surface area contributed by atoms with Crippen LogP contribution in [0.3, 0.4) is 0 Å². The molecule has 7 nitrogen and oxygen atoms in total. The fourth-order valence-electron chi connectivity index (χ4n) is 3.28. The molecule has 0 radical (unpaired) electrons.